The molecule has 0 unspecified atom stereocenters. The highest BCUT2D eigenvalue weighted by Gasteiger charge is 2.17. The van der Waals surface area contributed by atoms with Gasteiger partial charge < -0.3 is 5.32 Å². The van der Waals surface area contributed by atoms with Crippen molar-refractivity contribution < 1.29 is 4.79 Å². The Morgan fingerprint density at radius 1 is 1.21 bits per heavy atom. The molecule has 0 fully saturated rings. The van der Waals surface area contributed by atoms with Crippen LogP contribution in [0.1, 0.15) is 18.9 Å². The summed E-state index contributed by atoms with van der Waals surface area (Å²) >= 11 is 0. The number of nitrogens with one attached hydrogen (secondary N) is 1. The van der Waals surface area contributed by atoms with Gasteiger partial charge in [-0.3, -0.25) is 9.36 Å². The Bertz CT molecular complexity index is 922. The quantitative estimate of drug-likeness (QED) is 0.781. The van der Waals surface area contributed by atoms with Crippen LogP contribution in [0.3, 0.4) is 0 Å². The van der Waals surface area contributed by atoms with Crippen LogP contribution in [0.5, 0.6) is 0 Å². The van der Waals surface area contributed by atoms with E-state index < -0.39 is 0 Å². The van der Waals surface area contributed by atoms with Crippen molar-refractivity contribution in [3.05, 3.63) is 58.6 Å². The van der Waals surface area contributed by atoms with Gasteiger partial charge in [-0.05, 0) is 37.6 Å². The lowest BCUT2D eigenvalue weighted by atomic mass is 10.2. The predicted octanol–water partition coefficient (Wildman–Crippen LogP) is 2.02. The third kappa shape index (κ3) is 2.95. The SMILES string of the molecule is CCCNC(=O)Cn1c(=O)n(-c2ccc(C)cc2)c2ncccc21. The first kappa shape index (κ1) is 16.0. The number of nitrogens with zero attached hydrogens (tertiary/aromatic N) is 3. The van der Waals surface area contributed by atoms with Crippen LogP contribution in [0.15, 0.2) is 47.4 Å². The zero-order chi connectivity index (χ0) is 17.1. The Balaban J connectivity index is 2.11. The van der Waals surface area contributed by atoms with Crippen molar-refractivity contribution in [1.82, 2.24) is 19.4 Å². The molecular weight excluding hydrogens is 304 g/mol. The molecular formula is C18H20N4O2. The summed E-state index contributed by atoms with van der Waals surface area (Å²) < 4.78 is 3.01. The molecule has 0 bridgehead atoms. The lowest BCUT2D eigenvalue weighted by Crippen LogP contribution is -2.33. The summed E-state index contributed by atoms with van der Waals surface area (Å²) in [7, 11) is 0. The molecule has 0 radical (unpaired) electrons. The molecule has 0 atom stereocenters. The maximum absolute atomic E-state index is 12.9. The van der Waals surface area contributed by atoms with Gasteiger partial charge in [0, 0.05) is 12.7 Å². The molecule has 2 heterocycles. The van der Waals surface area contributed by atoms with Gasteiger partial charge in [0.25, 0.3) is 0 Å². The first-order chi connectivity index (χ1) is 11.6. The zero-order valence-electron chi connectivity index (χ0n) is 13.8. The van der Waals surface area contributed by atoms with E-state index in [0.29, 0.717) is 17.7 Å². The van der Waals surface area contributed by atoms with Crippen molar-refractivity contribution in [2.24, 2.45) is 0 Å². The fourth-order valence-corrected chi connectivity index (χ4v) is 2.63. The van der Waals surface area contributed by atoms with Crippen LogP contribution >= 0.6 is 0 Å². The van der Waals surface area contributed by atoms with E-state index in [9.17, 15) is 9.59 Å². The second-order valence-corrected chi connectivity index (χ2v) is 5.74. The highest BCUT2D eigenvalue weighted by atomic mass is 16.2. The molecule has 1 N–H and O–H groups in total. The number of carbonyl (C=O) groups excluding carboxylic acids is 1. The van der Waals surface area contributed by atoms with E-state index in [-0.39, 0.29) is 18.1 Å². The minimum Gasteiger partial charge on any atom is -0.355 e. The Hall–Kier alpha value is -2.89. The van der Waals surface area contributed by atoms with E-state index in [1.807, 2.05) is 44.2 Å². The monoisotopic (exact) mass is 324 g/mol. The Labute approximate surface area is 139 Å². The summed E-state index contributed by atoms with van der Waals surface area (Å²) in [5.74, 6) is -0.175. The Morgan fingerprint density at radius 3 is 2.67 bits per heavy atom. The molecule has 6 nitrogen and oxygen atoms in total. The van der Waals surface area contributed by atoms with Crippen LogP contribution < -0.4 is 11.0 Å². The Morgan fingerprint density at radius 2 is 1.96 bits per heavy atom. The topological polar surface area (TPSA) is 68.9 Å². The van der Waals surface area contributed by atoms with Crippen molar-refractivity contribution >= 4 is 17.1 Å². The molecule has 124 valence electrons. The fraction of sp³-hybridized carbons (Fsp3) is 0.278. The molecule has 0 saturated carbocycles. The van der Waals surface area contributed by atoms with Crippen LogP contribution in [-0.2, 0) is 11.3 Å². The molecule has 0 aliphatic rings. The molecule has 0 aliphatic heterocycles. The van der Waals surface area contributed by atoms with Gasteiger partial charge in [0.1, 0.15) is 6.54 Å². The van der Waals surface area contributed by atoms with Crippen molar-refractivity contribution in [1.29, 1.82) is 0 Å². The van der Waals surface area contributed by atoms with Crippen LogP contribution in [-0.4, -0.2) is 26.6 Å². The number of aryl methyl sites for hydroxylation is 1. The van der Waals surface area contributed by atoms with E-state index in [1.165, 1.54) is 4.57 Å². The van der Waals surface area contributed by atoms with Gasteiger partial charge >= 0.3 is 5.69 Å². The Kier molecular flexibility index (Phi) is 4.46. The van der Waals surface area contributed by atoms with E-state index in [1.54, 1.807) is 16.8 Å². The van der Waals surface area contributed by atoms with Crippen molar-refractivity contribution in [3.8, 4) is 5.69 Å². The van der Waals surface area contributed by atoms with Gasteiger partial charge in [-0.1, -0.05) is 24.6 Å². The highest BCUT2D eigenvalue weighted by Crippen LogP contribution is 2.16. The number of fused-ring (bicyclic) bond motifs is 1. The molecule has 0 aliphatic carbocycles. The molecule has 0 saturated heterocycles. The lowest BCUT2D eigenvalue weighted by Gasteiger charge is -2.04. The molecule has 2 aromatic heterocycles. The van der Waals surface area contributed by atoms with Crippen LogP contribution in [0, 0.1) is 6.92 Å². The maximum Gasteiger partial charge on any atom is 0.335 e. The maximum atomic E-state index is 12.9. The number of imidazole rings is 1. The average molecular weight is 324 g/mol. The van der Waals surface area contributed by atoms with E-state index >= 15 is 0 Å². The van der Waals surface area contributed by atoms with Gasteiger partial charge in [0.05, 0.1) is 11.2 Å². The summed E-state index contributed by atoms with van der Waals surface area (Å²) in [5.41, 5.74) is 2.79. The van der Waals surface area contributed by atoms with Gasteiger partial charge in [-0.15, -0.1) is 0 Å². The second kappa shape index (κ2) is 6.70. The molecule has 0 spiro atoms. The number of rotatable bonds is 5. The third-order valence-electron chi connectivity index (χ3n) is 3.86. The first-order valence-electron chi connectivity index (χ1n) is 8.02. The lowest BCUT2D eigenvalue weighted by molar-refractivity contribution is -0.121. The molecule has 24 heavy (non-hydrogen) atoms. The number of aromatic nitrogens is 3. The number of hydrogen-bond acceptors (Lipinski definition) is 3. The summed E-state index contributed by atoms with van der Waals surface area (Å²) in [5, 5.41) is 2.80. The van der Waals surface area contributed by atoms with Gasteiger partial charge in [-0.2, -0.15) is 0 Å². The number of carbonyl (C=O) groups is 1. The van der Waals surface area contributed by atoms with Crippen LogP contribution in [0.2, 0.25) is 0 Å². The molecule has 3 aromatic rings. The highest BCUT2D eigenvalue weighted by molar-refractivity contribution is 5.80. The summed E-state index contributed by atoms with van der Waals surface area (Å²) in [6.07, 6.45) is 2.50. The predicted molar refractivity (Wildman–Crippen MR) is 93.4 cm³/mol. The molecule has 6 heteroatoms. The number of hydrogen-bond donors (Lipinski definition) is 1. The first-order valence-corrected chi connectivity index (χ1v) is 8.02. The van der Waals surface area contributed by atoms with E-state index in [4.69, 9.17) is 0 Å². The average Bonchev–Trinajstić information content (AvgIpc) is 2.86. The minimum atomic E-state index is -0.265. The number of amides is 1. The third-order valence-corrected chi connectivity index (χ3v) is 3.86. The van der Waals surface area contributed by atoms with E-state index in [2.05, 4.69) is 10.3 Å². The van der Waals surface area contributed by atoms with Crippen molar-refractivity contribution in [3.63, 3.8) is 0 Å². The molecule has 3 rings (SSSR count). The normalized spacial score (nSPS) is 10.9. The van der Waals surface area contributed by atoms with Crippen LogP contribution in [0.4, 0.5) is 0 Å². The van der Waals surface area contributed by atoms with Gasteiger partial charge in [-0.25, -0.2) is 14.3 Å². The van der Waals surface area contributed by atoms with Crippen molar-refractivity contribution in [2.75, 3.05) is 6.54 Å². The van der Waals surface area contributed by atoms with Crippen LogP contribution in [0.25, 0.3) is 16.9 Å². The summed E-state index contributed by atoms with van der Waals surface area (Å²) in [4.78, 5) is 29.3. The number of benzene rings is 1. The summed E-state index contributed by atoms with van der Waals surface area (Å²) in [6, 6.07) is 11.2. The van der Waals surface area contributed by atoms with Gasteiger partial charge in [0.15, 0.2) is 5.65 Å². The van der Waals surface area contributed by atoms with Crippen molar-refractivity contribution in [2.45, 2.75) is 26.8 Å². The molecule has 1 amide bonds. The fourth-order valence-electron chi connectivity index (χ4n) is 2.63. The molecule has 1 aromatic carbocycles. The smallest absolute Gasteiger partial charge is 0.335 e. The largest absolute Gasteiger partial charge is 0.355 e. The standard InChI is InChI=1S/C18H20N4O2/c1-3-10-19-16(23)12-21-15-5-4-11-20-17(15)22(18(21)24)14-8-6-13(2)7-9-14/h4-9,11H,3,10,12H2,1-2H3,(H,19,23). The second-order valence-electron chi connectivity index (χ2n) is 5.74. The van der Waals surface area contributed by atoms with Gasteiger partial charge in [0.2, 0.25) is 5.91 Å². The summed E-state index contributed by atoms with van der Waals surface area (Å²) in [6.45, 7) is 4.56. The van der Waals surface area contributed by atoms with E-state index in [0.717, 1.165) is 17.7 Å². The number of pyridine rings is 1. The zero-order valence-corrected chi connectivity index (χ0v) is 13.8. The minimum absolute atomic E-state index is 0.0140.